The topological polar surface area (TPSA) is 92.9 Å². The Balaban J connectivity index is 1.63. The fraction of sp³-hybridized carbons (Fsp3) is 0.222. The van der Waals surface area contributed by atoms with E-state index in [2.05, 4.69) is 32.5 Å². The van der Waals surface area contributed by atoms with Gasteiger partial charge in [0.25, 0.3) is 0 Å². The number of nitrogens with zero attached hydrogens (tertiary/aromatic N) is 2. The molecule has 7 nitrogen and oxygen atoms in total. The number of ether oxygens (including phenoxy) is 3. The molecule has 0 atom stereocenters. The van der Waals surface area contributed by atoms with E-state index in [4.69, 9.17) is 19.5 Å². The number of carbonyl (C=O) groups is 1. The molecule has 0 unspecified atom stereocenters. The monoisotopic (exact) mass is 535 g/mol. The van der Waals surface area contributed by atoms with Crippen molar-refractivity contribution < 1.29 is 19.0 Å². The second kappa shape index (κ2) is 13.2. The minimum absolute atomic E-state index is 0.206. The molecule has 180 valence electrons. The van der Waals surface area contributed by atoms with E-state index >= 15 is 0 Å². The third-order valence-corrected chi connectivity index (χ3v) is 5.36. The van der Waals surface area contributed by atoms with Crippen molar-refractivity contribution in [2.45, 2.75) is 26.9 Å². The SMILES string of the molecule is CCOc1ccc(CC(=O)N/N=C\c2cc(Br)c(OCc3cccc(C#N)c3)c(OCC)c2)cc1. The van der Waals surface area contributed by atoms with Crippen molar-refractivity contribution >= 4 is 28.1 Å². The molecule has 1 amide bonds. The number of benzene rings is 3. The average molecular weight is 536 g/mol. The second-order valence-electron chi connectivity index (χ2n) is 7.41. The first-order chi connectivity index (χ1) is 17.0. The van der Waals surface area contributed by atoms with Gasteiger partial charge in [0.1, 0.15) is 12.4 Å². The summed E-state index contributed by atoms with van der Waals surface area (Å²) in [5.74, 6) is 1.63. The van der Waals surface area contributed by atoms with Crippen molar-refractivity contribution in [2.75, 3.05) is 13.2 Å². The van der Waals surface area contributed by atoms with Gasteiger partial charge in [-0.1, -0.05) is 24.3 Å². The molecule has 0 spiro atoms. The molecule has 0 saturated carbocycles. The Kier molecular flexibility index (Phi) is 9.69. The molecule has 0 fully saturated rings. The quantitative estimate of drug-likeness (QED) is 0.262. The molecule has 35 heavy (non-hydrogen) atoms. The Hall–Kier alpha value is -3.83. The molecule has 0 bridgehead atoms. The van der Waals surface area contributed by atoms with Gasteiger partial charge in [0.2, 0.25) is 5.91 Å². The van der Waals surface area contributed by atoms with Crippen LogP contribution >= 0.6 is 15.9 Å². The van der Waals surface area contributed by atoms with Gasteiger partial charge in [-0.25, -0.2) is 5.43 Å². The van der Waals surface area contributed by atoms with Gasteiger partial charge in [-0.15, -0.1) is 0 Å². The molecule has 0 aliphatic rings. The Bertz CT molecular complexity index is 1220. The summed E-state index contributed by atoms with van der Waals surface area (Å²) >= 11 is 3.54. The predicted octanol–water partition coefficient (Wildman–Crippen LogP) is 5.39. The third-order valence-electron chi connectivity index (χ3n) is 4.77. The number of carbonyl (C=O) groups excluding carboxylic acids is 1. The summed E-state index contributed by atoms with van der Waals surface area (Å²) in [6.45, 7) is 5.14. The predicted molar refractivity (Wildman–Crippen MR) is 138 cm³/mol. The van der Waals surface area contributed by atoms with E-state index < -0.39 is 0 Å². The highest BCUT2D eigenvalue weighted by Crippen LogP contribution is 2.37. The number of nitriles is 1. The van der Waals surface area contributed by atoms with E-state index in [0.29, 0.717) is 34.7 Å². The van der Waals surface area contributed by atoms with E-state index in [9.17, 15) is 4.79 Å². The lowest BCUT2D eigenvalue weighted by Crippen LogP contribution is -2.19. The zero-order valence-corrected chi connectivity index (χ0v) is 21.2. The lowest BCUT2D eigenvalue weighted by Gasteiger charge is -2.15. The van der Waals surface area contributed by atoms with Crippen molar-refractivity contribution in [3.05, 3.63) is 87.4 Å². The van der Waals surface area contributed by atoms with Gasteiger partial charge in [0.15, 0.2) is 11.5 Å². The number of hydrogen-bond donors (Lipinski definition) is 1. The van der Waals surface area contributed by atoms with Crippen molar-refractivity contribution in [3.8, 4) is 23.3 Å². The summed E-state index contributed by atoms with van der Waals surface area (Å²) in [4.78, 5) is 12.2. The van der Waals surface area contributed by atoms with Crippen LogP contribution in [0.2, 0.25) is 0 Å². The van der Waals surface area contributed by atoms with Crippen LogP contribution < -0.4 is 19.6 Å². The van der Waals surface area contributed by atoms with E-state index in [1.807, 2.05) is 56.3 Å². The summed E-state index contributed by atoms with van der Waals surface area (Å²) in [7, 11) is 0. The largest absolute Gasteiger partial charge is 0.494 e. The Labute approximate surface area is 213 Å². The van der Waals surface area contributed by atoms with Crippen LogP contribution in [0.5, 0.6) is 17.2 Å². The van der Waals surface area contributed by atoms with Crippen molar-refractivity contribution in [1.82, 2.24) is 5.43 Å². The van der Waals surface area contributed by atoms with Gasteiger partial charge >= 0.3 is 0 Å². The third kappa shape index (κ3) is 7.87. The lowest BCUT2D eigenvalue weighted by atomic mass is 10.1. The minimum Gasteiger partial charge on any atom is -0.494 e. The standard InChI is InChI=1S/C27H26BrN3O4/c1-3-33-23-10-8-19(9-11-23)15-26(32)31-30-17-22-13-24(28)27(25(14-22)34-4-2)35-18-21-7-5-6-20(12-21)16-29/h5-14,17H,3-4,15,18H2,1-2H3,(H,31,32)/b30-17-. The smallest absolute Gasteiger partial charge is 0.244 e. The second-order valence-corrected chi connectivity index (χ2v) is 8.27. The molecule has 0 radical (unpaired) electrons. The van der Waals surface area contributed by atoms with Gasteiger partial charge in [-0.3, -0.25) is 4.79 Å². The molecule has 0 aromatic heterocycles. The molecule has 3 aromatic carbocycles. The van der Waals surface area contributed by atoms with Gasteiger partial charge in [0.05, 0.1) is 42.0 Å². The molecule has 0 saturated heterocycles. The number of hydrogen-bond acceptors (Lipinski definition) is 6. The number of halogens is 1. The average Bonchev–Trinajstić information content (AvgIpc) is 2.85. The number of amides is 1. The summed E-state index contributed by atoms with van der Waals surface area (Å²) in [6, 6.07) is 20.4. The summed E-state index contributed by atoms with van der Waals surface area (Å²) in [6.07, 6.45) is 1.75. The highest BCUT2D eigenvalue weighted by Gasteiger charge is 2.13. The maximum atomic E-state index is 12.2. The minimum atomic E-state index is -0.228. The lowest BCUT2D eigenvalue weighted by molar-refractivity contribution is -0.120. The van der Waals surface area contributed by atoms with Crippen molar-refractivity contribution in [2.24, 2.45) is 5.10 Å². The van der Waals surface area contributed by atoms with Crippen LogP contribution in [0.4, 0.5) is 0 Å². The normalized spacial score (nSPS) is 10.6. The number of rotatable bonds is 11. The van der Waals surface area contributed by atoms with Crippen LogP contribution in [0.1, 0.15) is 36.1 Å². The van der Waals surface area contributed by atoms with Gasteiger partial charge in [-0.05, 0) is 82.9 Å². The van der Waals surface area contributed by atoms with Crippen LogP contribution in [0.15, 0.2) is 70.2 Å². The molecule has 1 N–H and O–H groups in total. The molecule has 3 rings (SSSR count). The van der Waals surface area contributed by atoms with Crippen molar-refractivity contribution in [3.63, 3.8) is 0 Å². The maximum Gasteiger partial charge on any atom is 0.244 e. The van der Waals surface area contributed by atoms with Crippen LogP contribution in [-0.4, -0.2) is 25.3 Å². The van der Waals surface area contributed by atoms with E-state index in [1.54, 1.807) is 24.4 Å². The van der Waals surface area contributed by atoms with Gasteiger partial charge in [0, 0.05) is 0 Å². The maximum absolute atomic E-state index is 12.2. The molecule has 8 heteroatoms. The molecule has 0 heterocycles. The van der Waals surface area contributed by atoms with Crippen molar-refractivity contribution in [1.29, 1.82) is 5.26 Å². The zero-order valence-electron chi connectivity index (χ0n) is 19.6. The fourth-order valence-electron chi connectivity index (χ4n) is 3.23. The Morgan fingerprint density at radius 1 is 1.03 bits per heavy atom. The summed E-state index contributed by atoms with van der Waals surface area (Å²) in [5, 5.41) is 13.2. The molecule has 0 aliphatic heterocycles. The Morgan fingerprint density at radius 2 is 1.80 bits per heavy atom. The van der Waals surface area contributed by atoms with Crippen LogP contribution in [0.3, 0.4) is 0 Å². The highest BCUT2D eigenvalue weighted by atomic mass is 79.9. The summed E-state index contributed by atoms with van der Waals surface area (Å²) < 4.78 is 17.8. The molecule has 0 aliphatic carbocycles. The molecular formula is C27H26BrN3O4. The highest BCUT2D eigenvalue weighted by molar-refractivity contribution is 9.10. The van der Waals surface area contributed by atoms with Crippen LogP contribution in [0, 0.1) is 11.3 Å². The van der Waals surface area contributed by atoms with E-state index in [-0.39, 0.29) is 18.9 Å². The number of hydrazone groups is 1. The van der Waals surface area contributed by atoms with E-state index in [1.165, 1.54) is 0 Å². The van der Waals surface area contributed by atoms with Gasteiger partial charge in [-0.2, -0.15) is 10.4 Å². The first-order valence-electron chi connectivity index (χ1n) is 11.1. The first-order valence-corrected chi connectivity index (χ1v) is 11.9. The van der Waals surface area contributed by atoms with Gasteiger partial charge < -0.3 is 14.2 Å². The Morgan fingerprint density at radius 3 is 2.51 bits per heavy atom. The van der Waals surface area contributed by atoms with E-state index in [0.717, 1.165) is 22.4 Å². The molecular weight excluding hydrogens is 510 g/mol. The zero-order chi connectivity index (χ0) is 25.0. The first kappa shape index (κ1) is 25.8. The molecule has 3 aromatic rings. The van der Waals surface area contributed by atoms with Crippen LogP contribution in [-0.2, 0) is 17.8 Å². The van der Waals surface area contributed by atoms with Crippen LogP contribution in [0.25, 0.3) is 0 Å². The number of nitrogens with one attached hydrogen (secondary N) is 1. The summed E-state index contributed by atoms with van der Waals surface area (Å²) in [5.41, 5.74) is 5.59. The fourth-order valence-corrected chi connectivity index (χ4v) is 3.80.